The molecule has 0 aromatic heterocycles. The van der Waals surface area contributed by atoms with Crippen molar-refractivity contribution in [1.82, 2.24) is 10.2 Å². The van der Waals surface area contributed by atoms with Gasteiger partial charge in [0, 0.05) is 24.7 Å². The molecular formula is C12H21N3. The van der Waals surface area contributed by atoms with Crippen molar-refractivity contribution in [3.05, 3.63) is 0 Å². The molecule has 0 amide bonds. The van der Waals surface area contributed by atoms with E-state index in [9.17, 15) is 5.26 Å². The van der Waals surface area contributed by atoms with Crippen LogP contribution in [-0.2, 0) is 0 Å². The van der Waals surface area contributed by atoms with Gasteiger partial charge in [-0.3, -0.25) is 10.2 Å². The van der Waals surface area contributed by atoms with Crippen LogP contribution in [-0.4, -0.2) is 35.1 Å². The second kappa shape index (κ2) is 3.77. The van der Waals surface area contributed by atoms with Crippen LogP contribution in [0.5, 0.6) is 0 Å². The Morgan fingerprint density at radius 3 is 2.60 bits per heavy atom. The van der Waals surface area contributed by atoms with Crippen LogP contribution >= 0.6 is 0 Å². The Hall–Kier alpha value is -0.590. The van der Waals surface area contributed by atoms with E-state index in [0.717, 1.165) is 19.0 Å². The SMILES string of the molecule is CC(C)NC1(C#N)CC(C)N(C2CC2)C1. The van der Waals surface area contributed by atoms with Crippen molar-refractivity contribution in [2.45, 2.75) is 63.7 Å². The summed E-state index contributed by atoms with van der Waals surface area (Å²) in [7, 11) is 0. The van der Waals surface area contributed by atoms with Crippen LogP contribution in [0.25, 0.3) is 0 Å². The molecule has 3 heteroatoms. The highest BCUT2D eigenvalue weighted by atomic mass is 15.3. The van der Waals surface area contributed by atoms with Gasteiger partial charge in [0.2, 0.25) is 0 Å². The average Bonchev–Trinajstić information content (AvgIpc) is 2.92. The van der Waals surface area contributed by atoms with Gasteiger partial charge in [0.1, 0.15) is 5.54 Å². The lowest BCUT2D eigenvalue weighted by atomic mass is 9.97. The average molecular weight is 207 g/mol. The minimum Gasteiger partial charge on any atom is -0.296 e. The molecule has 1 saturated heterocycles. The van der Waals surface area contributed by atoms with Crippen molar-refractivity contribution >= 4 is 0 Å². The normalized spacial score (nSPS) is 37.1. The lowest BCUT2D eigenvalue weighted by molar-refractivity contribution is 0.248. The van der Waals surface area contributed by atoms with Crippen LogP contribution in [0.2, 0.25) is 0 Å². The number of nitriles is 1. The standard InChI is InChI=1S/C12H21N3/c1-9(2)14-12(7-13)6-10(3)15(8-12)11-4-5-11/h9-11,14H,4-6,8H2,1-3H3. The summed E-state index contributed by atoms with van der Waals surface area (Å²) in [5, 5.41) is 12.8. The Morgan fingerprint density at radius 2 is 2.13 bits per heavy atom. The first-order chi connectivity index (χ1) is 7.06. The third-order valence-electron chi connectivity index (χ3n) is 3.46. The van der Waals surface area contributed by atoms with Crippen LogP contribution in [0.15, 0.2) is 0 Å². The molecule has 0 aromatic rings. The summed E-state index contributed by atoms with van der Waals surface area (Å²) in [5.41, 5.74) is -0.295. The zero-order chi connectivity index (χ0) is 11.1. The summed E-state index contributed by atoms with van der Waals surface area (Å²) in [4.78, 5) is 2.51. The molecule has 2 rings (SSSR count). The topological polar surface area (TPSA) is 39.1 Å². The van der Waals surface area contributed by atoms with Gasteiger partial charge in [-0.2, -0.15) is 5.26 Å². The first-order valence-corrected chi connectivity index (χ1v) is 6.01. The fraction of sp³-hybridized carbons (Fsp3) is 0.917. The lowest BCUT2D eigenvalue weighted by Gasteiger charge is -2.25. The maximum Gasteiger partial charge on any atom is 0.121 e. The number of nitrogens with one attached hydrogen (secondary N) is 1. The van der Waals surface area contributed by atoms with Crippen molar-refractivity contribution in [3.63, 3.8) is 0 Å². The molecular weight excluding hydrogens is 186 g/mol. The molecule has 1 saturated carbocycles. The van der Waals surface area contributed by atoms with E-state index in [1.54, 1.807) is 0 Å². The fourth-order valence-corrected chi connectivity index (χ4v) is 2.82. The highest BCUT2D eigenvalue weighted by Crippen LogP contribution is 2.37. The van der Waals surface area contributed by atoms with Gasteiger partial charge in [-0.05, 0) is 40.0 Å². The Labute approximate surface area is 92.4 Å². The summed E-state index contributed by atoms with van der Waals surface area (Å²) in [5.74, 6) is 0. The Kier molecular flexibility index (Phi) is 2.74. The summed E-state index contributed by atoms with van der Waals surface area (Å²) < 4.78 is 0. The molecule has 1 heterocycles. The molecule has 0 spiro atoms. The van der Waals surface area contributed by atoms with E-state index in [4.69, 9.17) is 0 Å². The monoisotopic (exact) mass is 207 g/mol. The van der Waals surface area contributed by atoms with Crippen molar-refractivity contribution in [1.29, 1.82) is 5.26 Å². The van der Waals surface area contributed by atoms with Crippen LogP contribution in [0.3, 0.4) is 0 Å². The number of likely N-dealkylation sites (tertiary alicyclic amines) is 1. The van der Waals surface area contributed by atoms with Gasteiger partial charge in [0.25, 0.3) is 0 Å². The van der Waals surface area contributed by atoms with Gasteiger partial charge in [0.05, 0.1) is 6.07 Å². The smallest absolute Gasteiger partial charge is 0.121 e. The molecule has 1 aliphatic carbocycles. The molecule has 1 N–H and O–H groups in total. The molecule has 0 bridgehead atoms. The molecule has 3 nitrogen and oxygen atoms in total. The largest absolute Gasteiger partial charge is 0.296 e. The van der Waals surface area contributed by atoms with Gasteiger partial charge < -0.3 is 0 Å². The van der Waals surface area contributed by atoms with E-state index < -0.39 is 0 Å². The highest BCUT2D eigenvalue weighted by Gasteiger charge is 2.47. The van der Waals surface area contributed by atoms with Crippen molar-refractivity contribution in [2.24, 2.45) is 0 Å². The van der Waals surface area contributed by atoms with Gasteiger partial charge >= 0.3 is 0 Å². The fourth-order valence-electron chi connectivity index (χ4n) is 2.82. The summed E-state index contributed by atoms with van der Waals surface area (Å²) in [6.07, 6.45) is 3.62. The maximum absolute atomic E-state index is 9.36. The van der Waals surface area contributed by atoms with Crippen LogP contribution in [0.1, 0.15) is 40.0 Å². The molecule has 15 heavy (non-hydrogen) atoms. The Morgan fingerprint density at radius 1 is 1.47 bits per heavy atom. The maximum atomic E-state index is 9.36. The first-order valence-electron chi connectivity index (χ1n) is 6.01. The molecule has 0 radical (unpaired) electrons. The Balaban J connectivity index is 2.06. The number of hydrogen-bond donors (Lipinski definition) is 1. The third-order valence-corrected chi connectivity index (χ3v) is 3.46. The minimum absolute atomic E-state index is 0.295. The van der Waals surface area contributed by atoms with Gasteiger partial charge in [-0.1, -0.05) is 0 Å². The second-order valence-corrected chi connectivity index (χ2v) is 5.45. The van der Waals surface area contributed by atoms with E-state index in [-0.39, 0.29) is 5.54 Å². The molecule has 2 atom stereocenters. The Bertz CT molecular complexity index is 277. The quantitative estimate of drug-likeness (QED) is 0.762. The molecule has 0 aromatic carbocycles. The minimum atomic E-state index is -0.295. The molecule has 2 fully saturated rings. The first kappa shape index (κ1) is 10.9. The predicted molar refractivity (Wildman–Crippen MR) is 60.4 cm³/mol. The van der Waals surface area contributed by atoms with E-state index in [0.29, 0.717) is 12.1 Å². The second-order valence-electron chi connectivity index (χ2n) is 5.45. The van der Waals surface area contributed by atoms with Crippen molar-refractivity contribution in [3.8, 4) is 6.07 Å². The van der Waals surface area contributed by atoms with Crippen LogP contribution in [0.4, 0.5) is 0 Å². The zero-order valence-electron chi connectivity index (χ0n) is 9.95. The number of nitrogens with zero attached hydrogens (tertiary/aromatic N) is 2. The number of rotatable bonds is 3. The van der Waals surface area contributed by atoms with Gasteiger partial charge in [-0.15, -0.1) is 0 Å². The lowest BCUT2D eigenvalue weighted by Crippen LogP contribution is -2.49. The van der Waals surface area contributed by atoms with E-state index in [1.807, 2.05) is 0 Å². The highest BCUT2D eigenvalue weighted by molar-refractivity contribution is 5.16. The van der Waals surface area contributed by atoms with Crippen LogP contribution in [0, 0.1) is 11.3 Å². The van der Waals surface area contributed by atoms with E-state index >= 15 is 0 Å². The molecule has 2 aliphatic rings. The summed E-state index contributed by atoms with van der Waals surface area (Å²) in [6.45, 7) is 7.39. The summed E-state index contributed by atoms with van der Waals surface area (Å²) in [6, 6.07) is 4.21. The van der Waals surface area contributed by atoms with Crippen molar-refractivity contribution in [2.75, 3.05) is 6.54 Å². The predicted octanol–water partition coefficient (Wildman–Crippen LogP) is 1.50. The molecule has 2 unspecified atom stereocenters. The zero-order valence-corrected chi connectivity index (χ0v) is 9.95. The summed E-state index contributed by atoms with van der Waals surface area (Å²) >= 11 is 0. The van der Waals surface area contributed by atoms with Gasteiger partial charge in [0.15, 0.2) is 0 Å². The third kappa shape index (κ3) is 2.16. The number of hydrogen-bond acceptors (Lipinski definition) is 3. The van der Waals surface area contributed by atoms with Crippen molar-refractivity contribution < 1.29 is 0 Å². The van der Waals surface area contributed by atoms with Crippen LogP contribution < -0.4 is 5.32 Å². The van der Waals surface area contributed by atoms with E-state index in [2.05, 4.69) is 37.1 Å². The molecule has 1 aliphatic heterocycles. The van der Waals surface area contributed by atoms with Gasteiger partial charge in [-0.25, -0.2) is 0 Å². The molecule has 84 valence electrons. The van der Waals surface area contributed by atoms with E-state index in [1.165, 1.54) is 12.8 Å².